The summed E-state index contributed by atoms with van der Waals surface area (Å²) in [5.41, 5.74) is 3.20. The average Bonchev–Trinajstić information content (AvgIpc) is 2.86. The summed E-state index contributed by atoms with van der Waals surface area (Å²) < 4.78 is 10.3. The van der Waals surface area contributed by atoms with Crippen LogP contribution < -0.4 is 9.47 Å². The molecule has 0 fully saturated rings. The summed E-state index contributed by atoms with van der Waals surface area (Å²) in [6, 6.07) is 6.60. The number of hydrogen-bond donors (Lipinski definition) is 1. The number of hydrogen-bond acceptors (Lipinski definition) is 3. The Morgan fingerprint density at radius 2 is 2.06 bits per heavy atom. The van der Waals surface area contributed by atoms with Crippen molar-refractivity contribution in [3.63, 3.8) is 0 Å². The molecule has 0 aliphatic heterocycles. The number of H-pyrrole nitrogens is 1. The van der Waals surface area contributed by atoms with Crippen LogP contribution in [0, 0.1) is 0 Å². The van der Waals surface area contributed by atoms with Gasteiger partial charge in [-0.05, 0) is 30.2 Å². The van der Waals surface area contributed by atoms with Crippen LogP contribution in [-0.2, 0) is 6.42 Å². The summed E-state index contributed by atoms with van der Waals surface area (Å²) in [6.45, 7) is 2.11. The zero-order chi connectivity index (χ0) is 12.3. The van der Waals surface area contributed by atoms with E-state index in [9.17, 15) is 0 Å². The highest BCUT2D eigenvalue weighted by Crippen LogP contribution is 2.26. The van der Waals surface area contributed by atoms with Gasteiger partial charge in [-0.25, -0.2) is 4.98 Å². The standard InChI is InChI=1S/C13H16N2O2/c1-4-9-7-10(5-6-12(9)16-2)11-8-14-13(15-11)17-3/h5-8H,4H2,1-3H3,(H,14,15). The molecule has 4 heteroatoms. The van der Waals surface area contributed by atoms with Crippen LogP contribution in [0.15, 0.2) is 24.4 Å². The predicted octanol–water partition coefficient (Wildman–Crippen LogP) is 2.66. The molecule has 0 radical (unpaired) electrons. The molecule has 1 aromatic carbocycles. The number of rotatable bonds is 4. The van der Waals surface area contributed by atoms with Crippen LogP contribution in [0.1, 0.15) is 12.5 Å². The maximum absolute atomic E-state index is 5.30. The van der Waals surface area contributed by atoms with Gasteiger partial charge in [-0.2, -0.15) is 0 Å². The van der Waals surface area contributed by atoms with Gasteiger partial charge < -0.3 is 14.5 Å². The van der Waals surface area contributed by atoms with E-state index in [0.717, 1.165) is 23.4 Å². The van der Waals surface area contributed by atoms with Gasteiger partial charge in [-0.3, -0.25) is 0 Å². The molecule has 17 heavy (non-hydrogen) atoms. The van der Waals surface area contributed by atoms with Gasteiger partial charge in [0.2, 0.25) is 0 Å². The van der Waals surface area contributed by atoms with E-state index in [0.29, 0.717) is 6.01 Å². The van der Waals surface area contributed by atoms with Crippen molar-refractivity contribution in [2.24, 2.45) is 0 Å². The minimum Gasteiger partial charge on any atom is -0.496 e. The monoisotopic (exact) mass is 232 g/mol. The van der Waals surface area contributed by atoms with E-state index >= 15 is 0 Å². The Kier molecular flexibility index (Phi) is 3.32. The average molecular weight is 232 g/mol. The molecular weight excluding hydrogens is 216 g/mol. The second-order valence-electron chi connectivity index (χ2n) is 3.69. The van der Waals surface area contributed by atoms with Crippen molar-refractivity contribution in [2.75, 3.05) is 14.2 Å². The van der Waals surface area contributed by atoms with Gasteiger partial charge in [0.05, 0.1) is 26.1 Å². The molecular formula is C13H16N2O2. The molecule has 0 aliphatic carbocycles. The highest BCUT2D eigenvalue weighted by Gasteiger charge is 2.07. The zero-order valence-electron chi connectivity index (χ0n) is 10.3. The summed E-state index contributed by atoms with van der Waals surface area (Å²) in [7, 11) is 3.28. The second-order valence-corrected chi connectivity index (χ2v) is 3.69. The number of ether oxygens (including phenoxy) is 2. The third-order valence-corrected chi connectivity index (χ3v) is 2.72. The third kappa shape index (κ3) is 2.25. The molecule has 0 amide bonds. The largest absolute Gasteiger partial charge is 0.496 e. The number of aromatic nitrogens is 2. The molecule has 90 valence electrons. The molecule has 2 aromatic rings. The Morgan fingerprint density at radius 1 is 1.24 bits per heavy atom. The van der Waals surface area contributed by atoms with Crippen LogP contribution in [0.3, 0.4) is 0 Å². The van der Waals surface area contributed by atoms with Gasteiger partial charge in [-0.15, -0.1) is 0 Å². The lowest BCUT2D eigenvalue weighted by Gasteiger charge is -2.08. The SMILES string of the molecule is CCc1cc(-c2cnc(OC)[nH]2)ccc1OC. The first-order valence-electron chi connectivity index (χ1n) is 5.54. The Bertz CT molecular complexity index is 506. The van der Waals surface area contributed by atoms with E-state index in [2.05, 4.69) is 23.0 Å². The topological polar surface area (TPSA) is 47.1 Å². The highest BCUT2D eigenvalue weighted by molar-refractivity contribution is 5.62. The zero-order valence-corrected chi connectivity index (χ0v) is 10.3. The lowest BCUT2D eigenvalue weighted by atomic mass is 10.1. The second kappa shape index (κ2) is 4.91. The minimum absolute atomic E-state index is 0.522. The van der Waals surface area contributed by atoms with E-state index in [1.54, 1.807) is 20.4 Å². The summed E-state index contributed by atoms with van der Waals surface area (Å²) >= 11 is 0. The third-order valence-electron chi connectivity index (χ3n) is 2.72. The van der Waals surface area contributed by atoms with Crippen LogP contribution in [0.5, 0.6) is 11.8 Å². The quantitative estimate of drug-likeness (QED) is 0.881. The van der Waals surface area contributed by atoms with Gasteiger partial charge in [0, 0.05) is 5.56 Å². The van der Waals surface area contributed by atoms with Crippen LogP contribution in [0.4, 0.5) is 0 Å². The number of nitrogens with zero attached hydrogens (tertiary/aromatic N) is 1. The molecule has 0 aliphatic rings. The number of methoxy groups -OCH3 is 2. The molecule has 0 bridgehead atoms. The summed E-state index contributed by atoms with van der Waals surface area (Å²) in [5.74, 6) is 0.919. The number of aryl methyl sites for hydroxylation is 1. The fourth-order valence-corrected chi connectivity index (χ4v) is 1.78. The normalized spacial score (nSPS) is 10.3. The van der Waals surface area contributed by atoms with Gasteiger partial charge in [0.1, 0.15) is 5.75 Å². The summed E-state index contributed by atoms with van der Waals surface area (Å²) in [6.07, 6.45) is 2.70. The van der Waals surface area contributed by atoms with Crippen molar-refractivity contribution in [3.8, 4) is 23.0 Å². The van der Waals surface area contributed by atoms with Crippen LogP contribution in [0.2, 0.25) is 0 Å². The predicted molar refractivity (Wildman–Crippen MR) is 66.5 cm³/mol. The maximum atomic E-state index is 5.30. The van der Waals surface area contributed by atoms with Crippen LogP contribution in [0.25, 0.3) is 11.3 Å². The van der Waals surface area contributed by atoms with E-state index in [4.69, 9.17) is 9.47 Å². The first-order chi connectivity index (χ1) is 8.28. The van der Waals surface area contributed by atoms with Crippen molar-refractivity contribution in [3.05, 3.63) is 30.0 Å². The molecule has 4 nitrogen and oxygen atoms in total. The van der Waals surface area contributed by atoms with Crippen molar-refractivity contribution < 1.29 is 9.47 Å². The van der Waals surface area contributed by atoms with Crippen molar-refractivity contribution in [1.82, 2.24) is 9.97 Å². The number of benzene rings is 1. The molecule has 0 spiro atoms. The number of nitrogens with one attached hydrogen (secondary N) is 1. The summed E-state index contributed by atoms with van der Waals surface area (Å²) in [5, 5.41) is 0. The lowest BCUT2D eigenvalue weighted by molar-refractivity contribution is 0.384. The van der Waals surface area contributed by atoms with Crippen molar-refractivity contribution in [2.45, 2.75) is 13.3 Å². The first-order valence-corrected chi connectivity index (χ1v) is 5.54. The molecule has 0 saturated carbocycles. The van der Waals surface area contributed by atoms with Gasteiger partial charge >= 0.3 is 0 Å². The Labute approximate surface area is 101 Å². The van der Waals surface area contributed by atoms with Gasteiger partial charge in [0.25, 0.3) is 6.01 Å². The van der Waals surface area contributed by atoms with E-state index in [1.807, 2.05) is 12.1 Å². The maximum Gasteiger partial charge on any atom is 0.293 e. The van der Waals surface area contributed by atoms with Crippen LogP contribution >= 0.6 is 0 Å². The molecule has 1 heterocycles. The highest BCUT2D eigenvalue weighted by atomic mass is 16.5. The van der Waals surface area contributed by atoms with Gasteiger partial charge in [0.15, 0.2) is 0 Å². The molecule has 1 N–H and O–H groups in total. The first kappa shape index (κ1) is 11.5. The molecule has 2 rings (SSSR count). The van der Waals surface area contributed by atoms with E-state index in [1.165, 1.54) is 5.56 Å². The Morgan fingerprint density at radius 3 is 2.65 bits per heavy atom. The Hall–Kier alpha value is -1.97. The lowest BCUT2D eigenvalue weighted by Crippen LogP contribution is -1.91. The minimum atomic E-state index is 0.522. The van der Waals surface area contributed by atoms with E-state index in [-0.39, 0.29) is 0 Å². The van der Waals surface area contributed by atoms with E-state index < -0.39 is 0 Å². The molecule has 1 aromatic heterocycles. The molecule has 0 unspecified atom stereocenters. The molecule has 0 saturated heterocycles. The molecule has 0 atom stereocenters. The van der Waals surface area contributed by atoms with Crippen LogP contribution in [-0.4, -0.2) is 24.2 Å². The van der Waals surface area contributed by atoms with Crippen molar-refractivity contribution >= 4 is 0 Å². The number of imidazole rings is 1. The smallest absolute Gasteiger partial charge is 0.293 e. The number of aromatic amines is 1. The summed E-state index contributed by atoms with van der Waals surface area (Å²) in [4.78, 5) is 7.19. The van der Waals surface area contributed by atoms with Gasteiger partial charge in [-0.1, -0.05) is 6.92 Å². The Balaban J connectivity index is 2.38. The fraction of sp³-hybridized carbons (Fsp3) is 0.308. The van der Waals surface area contributed by atoms with Crippen molar-refractivity contribution in [1.29, 1.82) is 0 Å². The fourth-order valence-electron chi connectivity index (χ4n) is 1.78.